The first-order valence-electron chi connectivity index (χ1n) is 5.29. The molecule has 0 aromatic heterocycles. The van der Waals surface area contributed by atoms with Crippen molar-refractivity contribution in [3.05, 3.63) is 29.8 Å². The summed E-state index contributed by atoms with van der Waals surface area (Å²) in [5, 5.41) is 1.71. The minimum absolute atomic E-state index is 0.148. The number of hydrogen-bond acceptors (Lipinski definition) is 4. The molecule has 1 atom stereocenters. The molecule has 1 saturated heterocycles. The Bertz CT molecular complexity index is 374. The highest BCUT2D eigenvalue weighted by molar-refractivity contribution is 5.71. The third-order valence-electron chi connectivity index (χ3n) is 2.67. The Balaban J connectivity index is 2.00. The maximum Gasteiger partial charge on any atom is 0.326 e. The SMILES string of the molecule is COc1ccc(CN2OC(=O)C[C@@H]2C)cc1. The van der Waals surface area contributed by atoms with Crippen molar-refractivity contribution in [2.75, 3.05) is 7.11 Å². The normalized spacial score (nSPS) is 20.9. The molecule has 0 saturated carbocycles. The first kappa shape index (κ1) is 11.0. The lowest BCUT2D eigenvalue weighted by Crippen LogP contribution is -2.24. The highest BCUT2D eigenvalue weighted by atomic mass is 16.7. The van der Waals surface area contributed by atoms with Crippen LogP contribution in [0, 0.1) is 0 Å². The molecule has 1 aliphatic heterocycles. The second-order valence-electron chi connectivity index (χ2n) is 3.94. The summed E-state index contributed by atoms with van der Waals surface area (Å²) < 4.78 is 5.08. The van der Waals surface area contributed by atoms with E-state index in [1.165, 1.54) is 0 Å². The lowest BCUT2D eigenvalue weighted by molar-refractivity contribution is -0.177. The fourth-order valence-electron chi connectivity index (χ4n) is 1.70. The van der Waals surface area contributed by atoms with Crippen molar-refractivity contribution in [3.63, 3.8) is 0 Å². The van der Waals surface area contributed by atoms with Gasteiger partial charge in [-0.2, -0.15) is 0 Å². The molecule has 1 heterocycles. The molecule has 86 valence electrons. The highest BCUT2D eigenvalue weighted by Crippen LogP contribution is 2.19. The number of methoxy groups -OCH3 is 1. The number of hydroxylamine groups is 2. The summed E-state index contributed by atoms with van der Waals surface area (Å²) in [4.78, 5) is 16.2. The number of carbonyl (C=O) groups is 1. The van der Waals surface area contributed by atoms with Gasteiger partial charge in [-0.1, -0.05) is 12.1 Å². The Labute approximate surface area is 94.7 Å². The molecule has 2 rings (SSSR count). The quantitative estimate of drug-likeness (QED) is 0.779. The van der Waals surface area contributed by atoms with Gasteiger partial charge in [0.25, 0.3) is 0 Å². The molecule has 1 aliphatic rings. The number of nitrogens with zero attached hydrogens (tertiary/aromatic N) is 1. The van der Waals surface area contributed by atoms with Gasteiger partial charge >= 0.3 is 5.97 Å². The fourth-order valence-corrected chi connectivity index (χ4v) is 1.70. The molecule has 1 fully saturated rings. The lowest BCUT2D eigenvalue weighted by atomic mass is 10.2. The van der Waals surface area contributed by atoms with Crippen molar-refractivity contribution in [2.24, 2.45) is 0 Å². The summed E-state index contributed by atoms with van der Waals surface area (Å²) >= 11 is 0. The number of ether oxygens (including phenoxy) is 1. The molecule has 16 heavy (non-hydrogen) atoms. The predicted octanol–water partition coefficient (Wildman–Crippen LogP) is 1.75. The monoisotopic (exact) mass is 221 g/mol. The van der Waals surface area contributed by atoms with Crippen molar-refractivity contribution >= 4 is 5.97 Å². The van der Waals surface area contributed by atoms with Crippen LogP contribution in [0.5, 0.6) is 5.75 Å². The standard InChI is InChI=1S/C12H15NO3/c1-9-7-12(14)16-13(9)8-10-3-5-11(15-2)6-4-10/h3-6,9H,7-8H2,1-2H3/t9-/m0/s1. The van der Waals surface area contributed by atoms with Gasteiger partial charge in [-0.25, -0.2) is 0 Å². The average molecular weight is 221 g/mol. The maximum absolute atomic E-state index is 11.1. The molecule has 0 spiro atoms. The van der Waals surface area contributed by atoms with Crippen LogP contribution >= 0.6 is 0 Å². The number of carbonyl (C=O) groups excluding carboxylic acids is 1. The van der Waals surface area contributed by atoms with Crippen LogP contribution in [0.25, 0.3) is 0 Å². The Morgan fingerprint density at radius 3 is 2.62 bits per heavy atom. The summed E-state index contributed by atoms with van der Waals surface area (Å²) in [6, 6.07) is 7.89. The van der Waals surface area contributed by atoms with Gasteiger partial charge in [0.1, 0.15) is 5.75 Å². The summed E-state index contributed by atoms with van der Waals surface area (Å²) in [6.07, 6.45) is 0.468. The first-order chi connectivity index (χ1) is 7.69. The van der Waals surface area contributed by atoms with Crippen LogP contribution in [0.4, 0.5) is 0 Å². The second kappa shape index (κ2) is 4.53. The number of rotatable bonds is 3. The van der Waals surface area contributed by atoms with Crippen LogP contribution in [0.15, 0.2) is 24.3 Å². The van der Waals surface area contributed by atoms with Crippen molar-refractivity contribution in [1.82, 2.24) is 5.06 Å². The first-order valence-corrected chi connectivity index (χ1v) is 5.29. The Morgan fingerprint density at radius 1 is 1.44 bits per heavy atom. The molecular weight excluding hydrogens is 206 g/mol. The van der Waals surface area contributed by atoms with E-state index in [1.807, 2.05) is 31.2 Å². The van der Waals surface area contributed by atoms with Crippen molar-refractivity contribution < 1.29 is 14.4 Å². The molecule has 0 amide bonds. The molecule has 4 nitrogen and oxygen atoms in total. The topological polar surface area (TPSA) is 38.8 Å². The predicted molar refractivity (Wildman–Crippen MR) is 58.7 cm³/mol. The molecule has 0 N–H and O–H groups in total. The van der Waals surface area contributed by atoms with Crippen LogP contribution in [0.1, 0.15) is 18.9 Å². The maximum atomic E-state index is 11.1. The molecule has 1 aromatic carbocycles. The van der Waals surface area contributed by atoms with Crippen molar-refractivity contribution in [3.8, 4) is 5.75 Å². The van der Waals surface area contributed by atoms with E-state index in [2.05, 4.69) is 0 Å². The minimum Gasteiger partial charge on any atom is -0.497 e. The summed E-state index contributed by atoms with van der Waals surface area (Å²) in [5.41, 5.74) is 1.10. The average Bonchev–Trinajstić information content (AvgIpc) is 2.59. The van der Waals surface area contributed by atoms with E-state index in [0.29, 0.717) is 13.0 Å². The minimum atomic E-state index is -0.152. The Hall–Kier alpha value is -1.55. The van der Waals surface area contributed by atoms with Gasteiger partial charge in [0.05, 0.1) is 26.1 Å². The third kappa shape index (κ3) is 2.33. The van der Waals surface area contributed by atoms with E-state index < -0.39 is 0 Å². The van der Waals surface area contributed by atoms with Crippen LogP contribution < -0.4 is 4.74 Å². The molecule has 0 aliphatic carbocycles. The zero-order valence-corrected chi connectivity index (χ0v) is 9.47. The summed E-state index contributed by atoms with van der Waals surface area (Å²) in [5.74, 6) is 0.677. The van der Waals surface area contributed by atoms with Crippen LogP contribution in [0.2, 0.25) is 0 Å². The van der Waals surface area contributed by atoms with Gasteiger partial charge < -0.3 is 9.57 Å². The molecule has 4 heteroatoms. The van der Waals surface area contributed by atoms with Gasteiger partial charge in [-0.05, 0) is 24.6 Å². The zero-order valence-electron chi connectivity index (χ0n) is 9.47. The van der Waals surface area contributed by atoms with E-state index in [4.69, 9.17) is 9.57 Å². The smallest absolute Gasteiger partial charge is 0.326 e. The van der Waals surface area contributed by atoms with Gasteiger partial charge in [0.15, 0.2) is 0 Å². The fraction of sp³-hybridized carbons (Fsp3) is 0.417. The van der Waals surface area contributed by atoms with Gasteiger partial charge in [-0.3, -0.25) is 4.79 Å². The lowest BCUT2D eigenvalue weighted by Gasteiger charge is -2.17. The van der Waals surface area contributed by atoms with Crippen molar-refractivity contribution in [2.45, 2.75) is 25.9 Å². The largest absolute Gasteiger partial charge is 0.497 e. The number of hydrogen-bond donors (Lipinski definition) is 0. The van der Waals surface area contributed by atoms with E-state index in [0.717, 1.165) is 11.3 Å². The van der Waals surface area contributed by atoms with Crippen molar-refractivity contribution in [1.29, 1.82) is 0 Å². The van der Waals surface area contributed by atoms with Gasteiger partial charge in [0, 0.05) is 0 Å². The van der Waals surface area contributed by atoms with Crippen LogP contribution in [0.3, 0.4) is 0 Å². The zero-order chi connectivity index (χ0) is 11.5. The Morgan fingerprint density at radius 2 is 2.12 bits per heavy atom. The Kier molecular flexibility index (Phi) is 3.10. The van der Waals surface area contributed by atoms with E-state index in [1.54, 1.807) is 12.2 Å². The van der Waals surface area contributed by atoms with Crippen LogP contribution in [-0.4, -0.2) is 24.2 Å². The number of benzene rings is 1. The van der Waals surface area contributed by atoms with E-state index >= 15 is 0 Å². The highest BCUT2D eigenvalue weighted by Gasteiger charge is 2.28. The third-order valence-corrected chi connectivity index (χ3v) is 2.67. The van der Waals surface area contributed by atoms with E-state index in [-0.39, 0.29) is 12.0 Å². The molecule has 0 radical (unpaired) electrons. The molecule has 0 bridgehead atoms. The molecule has 0 unspecified atom stereocenters. The molecule has 1 aromatic rings. The summed E-state index contributed by atoms with van der Waals surface area (Å²) in [7, 11) is 1.64. The van der Waals surface area contributed by atoms with Crippen LogP contribution in [-0.2, 0) is 16.2 Å². The molecular formula is C12H15NO3. The van der Waals surface area contributed by atoms with Gasteiger partial charge in [0.2, 0.25) is 0 Å². The second-order valence-corrected chi connectivity index (χ2v) is 3.94. The van der Waals surface area contributed by atoms with E-state index in [9.17, 15) is 4.79 Å². The summed E-state index contributed by atoms with van der Waals surface area (Å²) in [6.45, 7) is 2.60. The van der Waals surface area contributed by atoms with Gasteiger partial charge in [-0.15, -0.1) is 5.06 Å².